The molecule has 6 nitrogen and oxygen atoms in total. The van der Waals surface area contributed by atoms with E-state index in [9.17, 15) is 14.9 Å². The van der Waals surface area contributed by atoms with E-state index in [0.717, 1.165) is 49.0 Å². The lowest BCUT2D eigenvalue weighted by Crippen LogP contribution is -2.39. The fraction of sp³-hybridized carbons (Fsp3) is 0.562. The molecule has 0 aromatic carbocycles. The van der Waals surface area contributed by atoms with Crippen LogP contribution in [0.3, 0.4) is 0 Å². The summed E-state index contributed by atoms with van der Waals surface area (Å²) in [5.74, 6) is -1.41. The number of amides is 2. The summed E-state index contributed by atoms with van der Waals surface area (Å²) in [6.07, 6.45) is 5.86. The molecule has 2 N–H and O–H groups in total. The number of carbonyl (C=O) groups excluding carboxylic acids is 2. The second kappa shape index (κ2) is 7.11. The molecule has 0 saturated carbocycles. The maximum absolute atomic E-state index is 12.0. The fourth-order valence-electron chi connectivity index (χ4n) is 3.02. The first-order valence-electron chi connectivity index (χ1n) is 7.94. The lowest BCUT2D eigenvalue weighted by molar-refractivity contribution is -0.136. The van der Waals surface area contributed by atoms with Crippen LogP contribution in [0.15, 0.2) is 0 Å². The number of nitriles is 1. The highest BCUT2D eigenvalue weighted by Gasteiger charge is 2.24. The van der Waals surface area contributed by atoms with Gasteiger partial charge in [-0.25, -0.2) is 0 Å². The third kappa shape index (κ3) is 3.54. The summed E-state index contributed by atoms with van der Waals surface area (Å²) in [5, 5.41) is 15.0. The van der Waals surface area contributed by atoms with Crippen LogP contribution in [-0.2, 0) is 27.2 Å². The number of carbonyl (C=O) groups is 2. The number of thiophene rings is 1. The quantitative estimate of drug-likeness (QED) is 0.824. The number of nitrogens with zero attached hydrogens (tertiary/aromatic N) is 1. The molecule has 1 aromatic rings. The van der Waals surface area contributed by atoms with Crippen LogP contribution in [0.25, 0.3) is 0 Å². The Morgan fingerprint density at radius 2 is 2.09 bits per heavy atom. The third-order valence-electron chi connectivity index (χ3n) is 4.23. The molecule has 0 spiro atoms. The zero-order valence-corrected chi connectivity index (χ0v) is 13.6. The van der Waals surface area contributed by atoms with E-state index >= 15 is 0 Å². The number of aryl methyl sites for hydroxylation is 1. The molecule has 0 unspecified atom stereocenters. The zero-order chi connectivity index (χ0) is 16.2. The van der Waals surface area contributed by atoms with Crippen molar-refractivity contribution in [3.63, 3.8) is 0 Å². The van der Waals surface area contributed by atoms with E-state index in [1.54, 1.807) is 0 Å². The molecule has 0 bridgehead atoms. The van der Waals surface area contributed by atoms with Gasteiger partial charge in [-0.05, 0) is 44.1 Å². The highest BCUT2D eigenvalue weighted by molar-refractivity contribution is 7.16. The monoisotopic (exact) mass is 333 g/mol. The number of anilines is 1. The van der Waals surface area contributed by atoms with Crippen molar-refractivity contribution in [2.45, 2.75) is 44.6 Å². The van der Waals surface area contributed by atoms with Gasteiger partial charge < -0.3 is 15.4 Å². The minimum atomic E-state index is -0.724. The van der Waals surface area contributed by atoms with Crippen LogP contribution < -0.4 is 10.6 Å². The number of nitrogens with one attached hydrogen (secondary N) is 2. The third-order valence-corrected chi connectivity index (χ3v) is 5.44. The number of fused-ring (bicyclic) bond motifs is 1. The minimum absolute atomic E-state index is 0.00419. The zero-order valence-electron chi connectivity index (χ0n) is 12.8. The normalized spacial score (nSPS) is 19.7. The van der Waals surface area contributed by atoms with Crippen LogP contribution >= 0.6 is 11.3 Å². The fourth-order valence-corrected chi connectivity index (χ4v) is 4.26. The Balaban J connectivity index is 1.62. The second-order valence-electron chi connectivity index (χ2n) is 5.83. The van der Waals surface area contributed by atoms with Crippen LogP contribution in [0.1, 0.15) is 41.7 Å². The highest BCUT2D eigenvalue weighted by atomic mass is 32.1. The van der Waals surface area contributed by atoms with E-state index in [1.165, 1.54) is 11.3 Å². The lowest BCUT2D eigenvalue weighted by Gasteiger charge is -2.10. The first-order valence-corrected chi connectivity index (χ1v) is 8.76. The number of hydrogen-bond acceptors (Lipinski definition) is 5. The van der Waals surface area contributed by atoms with Crippen molar-refractivity contribution in [1.82, 2.24) is 5.32 Å². The predicted molar refractivity (Wildman–Crippen MR) is 86.3 cm³/mol. The molecule has 23 heavy (non-hydrogen) atoms. The van der Waals surface area contributed by atoms with E-state index in [1.807, 2.05) is 0 Å². The Labute approximate surface area is 138 Å². The van der Waals surface area contributed by atoms with E-state index in [4.69, 9.17) is 4.74 Å². The van der Waals surface area contributed by atoms with Gasteiger partial charge in [0.25, 0.3) is 0 Å². The van der Waals surface area contributed by atoms with Crippen molar-refractivity contribution in [2.24, 2.45) is 0 Å². The molecule has 3 rings (SSSR count). The van der Waals surface area contributed by atoms with Crippen LogP contribution in [0.2, 0.25) is 0 Å². The number of hydrogen-bond donors (Lipinski definition) is 2. The van der Waals surface area contributed by atoms with Crippen LogP contribution in [0, 0.1) is 11.3 Å². The van der Waals surface area contributed by atoms with Gasteiger partial charge in [0.2, 0.25) is 0 Å². The summed E-state index contributed by atoms with van der Waals surface area (Å²) in [5.41, 5.74) is 1.56. The Hall–Kier alpha value is -1.91. The summed E-state index contributed by atoms with van der Waals surface area (Å²) < 4.78 is 5.41. The van der Waals surface area contributed by atoms with Gasteiger partial charge in [0.05, 0.1) is 11.7 Å². The Bertz CT molecular complexity index is 656. The lowest BCUT2D eigenvalue weighted by atomic mass is 9.96. The average Bonchev–Trinajstić information content (AvgIpc) is 3.19. The molecular formula is C16H19N3O3S. The standard InChI is InChI=1S/C16H19N3O3S/c17-8-12-11-5-1-2-6-13(11)23-16(12)19-15(21)14(20)18-9-10-4-3-7-22-10/h10H,1-7,9H2,(H,18,20)(H,19,21)/t10-/m1/s1. The predicted octanol–water partition coefficient (Wildman–Crippen LogP) is 1.73. The van der Waals surface area contributed by atoms with Crippen molar-refractivity contribution in [3.8, 4) is 6.07 Å². The van der Waals surface area contributed by atoms with Crippen molar-refractivity contribution in [2.75, 3.05) is 18.5 Å². The molecule has 0 radical (unpaired) electrons. The van der Waals surface area contributed by atoms with Crippen LogP contribution in [0.5, 0.6) is 0 Å². The van der Waals surface area contributed by atoms with Gasteiger partial charge in [-0.15, -0.1) is 11.3 Å². The van der Waals surface area contributed by atoms with Crippen molar-refractivity contribution in [3.05, 3.63) is 16.0 Å². The van der Waals surface area contributed by atoms with Crippen molar-refractivity contribution >= 4 is 28.2 Å². The van der Waals surface area contributed by atoms with Crippen LogP contribution in [0.4, 0.5) is 5.00 Å². The summed E-state index contributed by atoms with van der Waals surface area (Å²) >= 11 is 1.42. The van der Waals surface area contributed by atoms with Crippen molar-refractivity contribution in [1.29, 1.82) is 5.26 Å². The molecule has 1 aromatic heterocycles. The summed E-state index contributed by atoms with van der Waals surface area (Å²) in [7, 11) is 0. The summed E-state index contributed by atoms with van der Waals surface area (Å²) in [6.45, 7) is 1.05. The van der Waals surface area contributed by atoms with E-state index in [-0.39, 0.29) is 6.10 Å². The SMILES string of the molecule is N#Cc1c(NC(=O)C(=O)NC[C@H]2CCCO2)sc2c1CCCC2. The Morgan fingerprint density at radius 1 is 1.26 bits per heavy atom. The van der Waals surface area contributed by atoms with E-state index in [0.29, 0.717) is 23.7 Å². The summed E-state index contributed by atoms with van der Waals surface area (Å²) in [4.78, 5) is 25.1. The molecule has 122 valence electrons. The molecule has 1 aliphatic carbocycles. The molecule has 2 aliphatic rings. The minimum Gasteiger partial charge on any atom is -0.376 e. The van der Waals surface area contributed by atoms with Gasteiger partial charge in [0, 0.05) is 18.0 Å². The first kappa shape index (κ1) is 16.0. The average molecular weight is 333 g/mol. The topological polar surface area (TPSA) is 91.2 Å². The smallest absolute Gasteiger partial charge is 0.314 e. The number of ether oxygens (including phenoxy) is 1. The highest BCUT2D eigenvalue weighted by Crippen LogP contribution is 2.37. The first-order chi connectivity index (χ1) is 11.2. The van der Waals surface area contributed by atoms with Gasteiger partial charge in [-0.2, -0.15) is 5.26 Å². The number of rotatable bonds is 3. The molecule has 1 fully saturated rings. The summed E-state index contributed by atoms with van der Waals surface area (Å²) in [6, 6.07) is 2.17. The maximum Gasteiger partial charge on any atom is 0.314 e. The Kier molecular flexibility index (Phi) is 4.94. The Morgan fingerprint density at radius 3 is 2.83 bits per heavy atom. The molecule has 7 heteroatoms. The molecule has 1 aliphatic heterocycles. The van der Waals surface area contributed by atoms with Gasteiger partial charge in [0.1, 0.15) is 11.1 Å². The largest absolute Gasteiger partial charge is 0.376 e. The molecule has 1 atom stereocenters. The van der Waals surface area contributed by atoms with E-state index < -0.39 is 11.8 Å². The molecule has 2 amide bonds. The van der Waals surface area contributed by atoms with Gasteiger partial charge in [0.15, 0.2) is 0 Å². The van der Waals surface area contributed by atoms with Crippen LogP contribution in [-0.4, -0.2) is 31.1 Å². The maximum atomic E-state index is 12.0. The molecule has 2 heterocycles. The van der Waals surface area contributed by atoms with Gasteiger partial charge >= 0.3 is 11.8 Å². The van der Waals surface area contributed by atoms with Gasteiger partial charge in [-0.1, -0.05) is 0 Å². The van der Waals surface area contributed by atoms with E-state index in [2.05, 4.69) is 16.7 Å². The molecule has 1 saturated heterocycles. The van der Waals surface area contributed by atoms with Crippen molar-refractivity contribution < 1.29 is 14.3 Å². The molecular weight excluding hydrogens is 314 g/mol. The van der Waals surface area contributed by atoms with Gasteiger partial charge in [-0.3, -0.25) is 9.59 Å². The second-order valence-corrected chi connectivity index (χ2v) is 6.93.